The van der Waals surface area contributed by atoms with Crippen LogP contribution in [0.2, 0.25) is 0 Å². The predicted octanol–water partition coefficient (Wildman–Crippen LogP) is 3.57. The van der Waals surface area contributed by atoms with Gasteiger partial charge in [-0.1, -0.05) is 26.0 Å². The van der Waals surface area contributed by atoms with Crippen molar-refractivity contribution in [3.8, 4) is 5.75 Å². The van der Waals surface area contributed by atoms with Crippen molar-refractivity contribution in [1.82, 2.24) is 9.88 Å². The molecule has 0 spiro atoms. The smallest absolute Gasteiger partial charge is 0.295 e. The van der Waals surface area contributed by atoms with E-state index in [2.05, 4.69) is 4.98 Å². The van der Waals surface area contributed by atoms with Crippen molar-refractivity contribution in [2.24, 2.45) is 5.92 Å². The van der Waals surface area contributed by atoms with Gasteiger partial charge >= 0.3 is 0 Å². The van der Waals surface area contributed by atoms with Crippen molar-refractivity contribution in [3.63, 3.8) is 0 Å². The molecule has 0 radical (unpaired) electrons. The summed E-state index contributed by atoms with van der Waals surface area (Å²) in [5.74, 6) is -0.616. The van der Waals surface area contributed by atoms with Gasteiger partial charge in [0.05, 0.1) is 18.2 Å². The predicted molar refractivity (Wildman–Crippen MR) is 117 cm³/mol. The molecule has 1 fully saturated rings. The van der Waals surface area contributed by atoms with Crippen LogP contribution in [0.25, 0.3) is 5.76 Å². The number of amides is 1. The number of carbonyl (C=O) groups excluding carboxylic acids is 2. The van der Waals surface area contributed by atoms with Gasteiger partial charge in [0, 0.05) is 38.2 Å². The van der Waals surface area contributed by atoms with E-state index in [9.17, 15) is 14.7 Å². The minimum absolute atomic E-state index is 0.0645. The van der Waals surface area contributed by atoms with Crippen LogP contribution in [0.15, 0.2) is 54.4 Å². The lowest BCUT2D eigenvalue weighted by Gasteiger charge is -2.25. The highest BCUT2D eigenvalue weighted by Crippen LogP contribution is 2.39. The Balaban J connectivity index is 2.03. The van der Waals surface area contributed by atoms with Gasteiger partial charge in [0.1, 0.15) is 11.5 Å². The van der Waals surface area contributed by atoms with Gasteiger partial charge in [-0.2, -0.15) is 0 Å². The Bertz CT molecular complexity index is 955. The van der Waals surface area contributed by atoms with Gasteiger partial charge in [-0.15, -0.1) is 0 Å². The van der Waals surface area contributed by atoms with Crippen LogP contribution in [0.3, 0.4) is 0 Å². The molecule has 7 heteroatoms. The molecule has 2 heterocycles. The summed E-state index contributed by atoms with van der Waals surface area (Å²) in [6, 6.07) is 9.72. The fourth-order valence-corrected chi connectivity index (χ4v) is 3.53. The molecule has 164 valence electrons. The molecule has 0 bridgehead atoms. The zero-order valence-corrected chi connectivity index (χ0v) is 18.1. The summed E-state index contributed by atoms with van der Waals surface area (Å²) in [5, 5.41) is 11.1. The number of aliphatic hydroxyl groups excluding tert-OH is 1. The van der Waals surface area contributed by atoms with Crippen LogP contribution in [-0.2, 0) is 14.3 Å². The molecular weight excluding hydrogens is 396 g/mol. The van der Waals surface area contributed by atoms with Crippen LogP contribution in [-0.4, -0.2) is 53.5 Å². The molecule has 3 rings (SSSR count). The Kier molecular flexibility index (Phi) is 7.41. The highest BCUT2D eigenvalue weighted by molar-refractivity contribution is 6.46. The number of methoxy groups -OCH3 is 1. The number of rotatable bonds is 9. The van der Waals surface area contributed by atoms with Crippen LogP contribution in [0.1, 0.15) is 37.4 Å². The van der Waals surface area contributed by atoms with E-state index in [0.29, 0.717) is 49.0 Å². The molecule has 1 aliphatic heterocycles. The maximum Gasteiger partial charge on any atom is 0.295 e. The molecule has 1 atom stereocenters. The summed E-state index contributed by atoms with van der Waals surface area (Å²) in [6.45, 7) is 5.42. The van der Waals surface area contributed by atoms with Crippen LogP contribution in [0.4, 0.5) is 0 Å². The summed E-state index contributed by atoms with van der Waals surface area (Å²) < 4.78 is 10.8. The minimum atomic E-state index is -0.703. The maximum atomic E-state index is 13.0. The van der Waals surface area contributed by atoms with Crippen LogP contribution in [0, 0.1) is 5.92 Å². The quantitative estimate of drug-likeness (QED) is 0.286. The number of nitrogens with zero attached hydrogens (tertiary/aromatic N) is 2. The first-order valence-electron chi connectivity index (χ1n) is 10.3. The number of pyridine rings is 1. The number of hydrogen-bond acceptors (Lipinski definition) is 6. The van der Waals surface area contributed by atoms with Gasteiger partial charge < -0.3 is 19.5 Å². The zero-order chi connectivity index (χ0) is 22.4. The number of ketones is 1. The van der Waals surface area contributed by atoms with Crippen molar-refractivity contribution >= 4 is 17.4 Å². The van der Waals surface area contributed by atoms with Crippen molar-refractivity contribution in [1.29, 1.82) is 0 Å². The number of carbonyl (C=O) groups is 2. The Morgan fingerprint density at radius 2 is 1.94 bits per heavy atom. The molecule has 1 N–H and O–H groups in total. The monoisotopic (exact) mass is 424 g/mol. The van der Waals surface area contributed by atoms with Crippen LogP contribution < -0.4 is 4.74 Å². The number of hydrogen-bond donors (Lipinski definition) is 1. The summed E-state index contributed by atoms with van der Waals surface area (Å²) in [7, 11) is 1.59. The summed E-state index contributed by atoms with van der Waals surface area (Å²) in [4.78, 5) is 31.3. The third-order valence-corrected chi connectivity index (χ3v) is 5.00. The molecule has 1 amide bonds. The second-order valence-electron chi connectivity index (χ2n) is 7.85. The largest absolute Gasteiger partial charge is 0.507 e. The summed E-state index contributed by atoms with van der Waals surface area (Å²) >= 11 is 0. The average Bonchev–Trinajstić information content (AvgIpc) is 3.03. The number of benzene rings is 1. The molecule has 0 saturated carbocycles. The highest BCUT2D eigenvalue weighted by Gasteiger charge is 2.45. The molecule has 1 aromatic heterocycles. The van der Waals surface area contributed by atoms with E-state index in [1.807, 2.05) is 13.8 Å². The van der Waals surface area contributed by atoms with E-state index in [1.54, 1.807) is 55.9 Å². The molecule has 31 heavy (non-hydrogen) atoms. The molecule has 7 nitrogen and oxygen atoms in total. The van der Waals surface area contributed by atoms with Gasteiger partial charge in [-0.3, -0.25) is 14.6 Å². The second-order valence-corrected chi connectivity index (χ2v) is 7.85. The van der Waals surface area contributed by atoms with E-state index in [1.165, 1.54) is 4.90 Å². The summed E-state index contributed by atoms with van der Waals surface area (Å²) in [6.07, 6.45) is 3.78. The SMILES string of the molecule is COCCCN1C(=O)C(=O)/C(=C(\O)c2cccc(OCC(C)C)c2)C1c1ccncc1. The van der Waals surface area contributed by atoms with E-state index < -0.39 is 17.7 Å². The van der Waals surface area contributed by atoms with E-state index in [4.69, 9.17) is 9.47 Å². The molecule has 2 aromatic rings. The first kappa shape index (κ1) is 22.5. The minimum Gasteiger partial charge on any atom is -0.507 e. The fraction of sp³-hybridized carbons (Fsp3) is 0.375. The zero-order valence-electron chi connectivity index (χ0n) is 18.1. The first-order valence-corrected chi connectivity index (χ1v) is 10.3. The standard InChI is InChI=1S/C24H28N2O5/c1-16(2)15-31-19-7-4-6-18(14-19)22(27)20-21(17-8-10-25-11-9-17)26(12-5-13-30-3)24(29)23(20)28/h4,6-11,14,16,21,27H,5,12-13,15H2,1-3H3/b22-20-. The topological polar surface area (TPSA) is 89.0 Å². The second kappa shape index (κ2) is 10.2. The number of likely N-dealkylation sites (tertiary alicyclic amines) is 1. The number of aromatic nitrogens is 1. The van der Waals surface area contributed by atoms with Gasteiger partial charge in [0.25, 0.3) is 11.7 Å². The molecule has 1 aromatic carbocycles. The Morgan fingerprint density at radius 1 is 1.19 bits per heavy atom. The average molecular weight is 424 g/mol. The molecule has 1 saturated heterocycles. The Labute approximate surface area is 182 Å². The number of aliphatic hydroxyl groups is 1. The van der Waals surface area contributed by atoms with Gasteiger partial charge in [0.15, 0.2) is 0 Å². The third-order valence-electron chi connectivity index (χ3n) is 5.00. The van der Waals surface area contributed by atoms with Gasteiger partial charge in [-0.25, -0.2) is 0 Å². The number of Topliss-reactive ketones (excluding diaryl/α,β-unsaturated/α-hetero) is 1. The van der Waals surface area contributed by atoms with E-state index in [-0.39, 0.29) is 11.3 Å². The van der Waals surface area contributed by atoms with E-state index in [0.717, 1.165) is 0 Å². The van der Waals surface area contributed by atoms with E-state index >= 15 is 0 Å². The molecule has 1 unspecified atom stereocenters. The third kappa shape index (κ3) is 5.11. The van der Waals surface area contributed by atoms with Gasteiger partial charge in [0.2, 0.25) is 0 Å². The molecule has 1 aliphatic rings. The van der Waals surface area contributed by atoms with Crippen LogP contribution >= 0.6 is 0 Å². The highest BCUT2D eigenvalue weighted by atomic mass is 16.5. The van der Waals surface area contributed by atoms with Crippen molar-refractivity contribution < 1.29 is 24.2 Å². The molecular formula is C24H28N2O5. The molecule has 0 aliphatic carbocycles. The Hall–Kier alpha value is -3.19. The lowest BCUT2D eigenvalue weighted by atomic mass is 9.96. The lowest BCUT2D eigenvalue weighted by molar-refractivity contribution is -0.140. The van der Waals surface area contributed by atoms with Gasteiger partial charge in [-0.05, 0) is 42.2 Å². The normalized spacial score (nSPS) is 18.1. The lowest BCUT2D eigenvalue weighted by Crippen LogP contribution is -2.31. The van der Waals surface area contributed by atoms with Crippen molar-refractivity contribution in [3.05, 3.63) is 65.5 Å². The van der Waals surface area contributed by atoms with Crippen molar-refractivity contribution in [2.75, 3.05) is 26.9 Å². The maximum absolute atomic E-state index is 13.0. The first-order chi connectivity index (χ1) is 14.9. The van der Waals surface area contributed by atoms with Crippen LogP contribution in [0.5, 0.6) is 5.75 Å². The summed E-state index contributed by atoms with van der Waals surface area (Å²) in [5.41, 5.74) is 1.20. The number of ether oxygens (including phenoxy) is 2. The van der Waals surface area contributed by atoms with Crippen molar-refractivity contribution in [2.45, 2.75) is 26.3 Å². The fourth-order valence-electron chi connectivity index (χ4n) is 3.53. The Morgan fingerprint density at radius 3 is 2.61 bits per heavy atom.